The molecule has 20 heavy (non-hydrogen) atoms. The fourth-order valence-corrected chi connectivity index (χ4v) is 2.23. The second kappa shape index (κ2) is 6.14. The van der Waals surface area contributed by atoms with Crippen LogP contribution in [0.2, 0.25) is 0 Å². The molecule has 0 aliphatic carbocycles. The first-order chi connectivity index (χ1) is 9.47. The van der Waals surface area contributed by atoms with Gasteiger partial charge in [0.2, 0.25) is 0 Å². The summed E-state index contributed by atoms with van der Waals surface area (Å²) in [6.07, 6.45) is 0. The third-order valence-electron chi connectivity index (χ3n) is 3.28. The molecule has 0 atom stereocenters. The van der Waals surface area contributed by atoms with Crippen LogP contribution in [0.5, 0.6) is 0 Å². The minimum atomic E-state index is -0.0979. The molecule has 0 spiro atoms. The highest BCUT2D eigenvalue weighted by Gasteiger charge is 2.10. The maximum absolute atomic E-state index is 12.3. The largest absolute Gasteiger partial charge is 0.322 e. The zero-order valence-electron chi connectivity index (χ0n) is 12.0. The molecule has 0 aliphatic heterocycles. The van der Waals surface area contributed by atoms with Gasteiger partial charge in [-0.25, -0.2) is 0 Å². The van der Waals surface area contributed by atoms with Crippen molar-refractivity contribution in [3.05, 3.63) is 59.2 Å². The molecule has 0 bridgehead atoms. The lowest BCUT2D eigenvalue weighted by molar-refractivity contribution is 0.102. The van der Waals surface area contributed by atoms with E-state index in [-0.39, 0.29) is 5.91 Å². The Kier molecular flexibility index (Phi) is 4.50. The summed E-state index contributed by atoms with van der Waals surface area (Å²) < 4.78 is 0. The molecule has 0 saturated carbocycles. The van der Waals surface area contributed by atoms with E-state index in [4.69, 9.17) is 0 Å². The van der Waals surface area contributed by atoms with Crippen LogP contribution in [0.15, 0.2) is 47.4 Å². The van der Waals surface area contributed by atoms with Gasteiger partial charge in [0.15, 0.2) is 0 Å². The summed E-state index contributed by atoms with van der Waals surface area (Å²) in [4.78, 5) is 13.1. The molecular formula is C17H19NOS. The van der Waals surface area contributed by atoms with E-state index in [9.17, 15) is 4.79 Å². The summed E-state index contributed by atoms with van der Waals surface area (Å²) >= 11 is 4.29. The summed E-state index contributed by atoms with van der Waals surface area (Å²) in [5.74, 6) is 0.341. The van der Waals surface area contributed by atoms with Crippen molar-refractivity contribution in [1.82, 2.24) is 0 Å². The highest BCUT2D eigenvalue weighted by molar-refractivity contribution is 7.80. The third-order valence-corrected chi connectivity index (χ3v) is 3.56. The molecule has 3 heteroatoms. The monoisotopic (exact) mass is 285 g/mol. The number of carbonyl (C=O) groups excluding carboxylic acids is 1. The fraction of sp³-hybridized carbons (Fsp3) is 0.235. The topological polar surface area (TPSA) is 29.1 Å². The Morgan fingerprint density at radius 1 is 1.15 bits per heavy atom. The molecule has 2 aromatic rings. The Labute approximate surface area is 125 Å². The van der Waals surface area contributed by atoms with Gasteiger partial charge in [0.25, 0.3) is 5.91 Å². The number of hydrogen-bond donors (Lipinski definition) is 2. The Morgan fingerprint density at radius 3 is 2.60 bits per heavy atom. The van der Waals surface area contributed by atoms with E-state index in [2.05, 4.69) is 37.9 Å². The zero-order valence-corrected chi connectivity index (χ0v) is 12.9. The van der Waals surface area contributed by atoms with Gasteiger partial charge in [-0.05, 0) is 48.2 Å². The van der Waals surface area contributed by atoms with Gasteiger partial charge in [0.05, 0.1) is 0 Å². The number of anilines is 1. The number of amides is 1. The number of aryl methyl sites for hydroxylation is 1. The van der Waals surface area contributed by atoms with Gasteiger partial charge < -0.3 is 5.32 Å². The minimum absolute atomic E-state index is 0.0979. The first kappa shape index (κ1) is 14.7. The number of thiol groups is 1. The van der Waals surface area contributed by atoms with Crippen LogP contribution in [0.1, 0.15) is 41.3 Å². The maximum atomic E-state index is 12.3. The molecule has 0 aliphatic rings. The van der Waals surface area contributed by atoms with Crippen LogP contribution in [0, 0.1) is 6.92 Å². The number of nitrogens with one attached hydrogen (secondary N) is 1. The molecule has 0 heterocycles. The number of carbonyl (C=O) groups is 1. The van der Waals surface area contributed by atoms with E-state index in [1.807, 2.05) is 37.3 Å². The molecule has 2 rings (SSSR count). The highest BCUT2D eigenvalue weighted by atomic mass is 32.1. The van der Waals surface area contributed by atoms with Gasteiger partial charge in [-0.3, -0.25) is 4.79 Å². The van der Waals surface area contributed by atoms with Crippen molar-refractivity contribution in [2.75, 3.05) is 5.32 Å². The average molecular weight is 285 g/mol. The Hall–Kier alpha value is -1.74. The van der Waals surface area contributed by atoms with Gasteiger partial charge in [-0.15, -0.1) is 12.6 Å². The Bertz CT molecular complexity index is 635. The summed E-state index contributed by atoms with van der Waals surface area (Å²) in [6.45, 7) is 6.19. The molecule has 0 radical (unpaired) electrons. The Morgan fingerprint density at radius 2 is 1.90 bits per heavy atom. The maximum Gasteiger partial charge on any atom is 0.255 e. The van der Waals surface area contributed by atoms with Crippen molar-refractivity contribution in [2.24, 2.45) is 0 Å². The molecule has 0 unspecified atom stereocenters. The third kappa shape index (κ3) is 3.42. The van der Waals surface area contributed by atoms with Crippen molar-refractivity contribution >= 4 is 24.2 Å². The standard InChI is InChI=1S/C17H19NOS/c1-11(2)13-5-4-6-14(9-13)18-17(19)16-10-15(20)8-7-12(16)3/h4-11,20H,1-3H3,(H,18,19). The van der Waals surface area contributed by atoms with Gasteiger partial charge in [0.1, 0.15) is 0 Å². The van der Waals surface area contributed by atoms with Crippen molar-refractivity contribution < 1.29 is 4.79 Å². The number of benzene rings is 2. The smallest absolute Gasteiger partial charge is 0.255 e. The summed E-state index contributed by atoms with van der Waals surface area (Å²) in [6, 6.07) is 13.5. The molecular weight excluding hydrogens is 266 g/mol. The molecule has 0 aromatic heterocycles. The first-order valence-electron chi connectivity index (χ1n) is 6.68. The molecule has 2 aromatic carbocycles. The molecule has 104 valence electrons. The molecule has 2 nitrogen and oxygen atoms in total. The van der Waals surface area contributed by atoms with Crippen molar-refractivity contribution in [3.8, 4) is 0 Å². The summed E-state index contributed by atoms with van der Waals surface area (Å²) in [5.41, 5.74) is 3.64. The molecule has 1 N–H and O–H groups in total. The normalized spacial score (nSPS) is 10.7. The molecule has 1 amide bonds. The van der Waals surface area contributed by atoms with Crippen LogP contribution in [0.25, 0.3) is 0 Å². The minimum Gasteiger partial charge on any atom is -0.322 e. The van der Waals surface area contributed by atoms with Crippen molar-refractivity contribution in [2.45, 2.75) is 31.6 Å². The lowest BCUT2D eigenvalue weighted by atomic mass is 10.0. The molecule has 0 fully saturated rings. The van der Waals surface area contributed by atoms with Crippen LogP contribution in [0.3, 0.4) is 0 Å². The van der Waals surface area contributed by atoms with E-state index in [1.165, 1.54) is 5.56 Å². The average Bonchev–Trinajstić information content (AvgIpc) is 2.41. The van der Waals surface area contributed by atoms with Crippen LogP contribution >= 0.6 is 12.6 Å². The number of hydrogen-bond acceptors (Lipinski definition) is 2. The van der Waals surface area contributed by atoms with Gasteiger partial charge in [-0.2, -0.15) is 0 Å². The van der Waals surface area contributed by atoms with Gasteiger partial charge in [-0.1, -0.05) is 32.0 Å². The SMILES string of the molecule is Cc1ccc(S)cc1C(=O)Nc1cccc(C(C)C)c1. The van der Waals surface area contributed by atoms with Crippen LogP contribution < -0.4 is 5.32 Å². The van der Waals surface area contributed by atoms with Crippen LogP contribution in [-0.4, -0.2) is 5.91 Å². The lowest BCUT2D eigenvalue weighted by Crippen LogP contribution is -2.13. The highest BCUT2D eigenvalue weighted by Crippen LogP contribution is 2.20. The van der Waals surface area contributed by atoms with Crippen molar-refractivity contribution in [3.63, 3.8) is 0 Å². The van der Waals surface area contributed by atoms with E-state index < -0.39 is 0 Å². The van der Waals surface area contributed by atoms with E-state index in [0.29, 0.717) is 11.5 Å². The van der Waals surface area contributed by atoms with Crippen molar-refractivity contribution in [1.29, 1.82) is 0 Å². The Balaban J connectivity index is 2.23. The fourth-order valence-electron chi connectivity index (χ4n) is 2.03. The van der Waals surface area contributed by atoms with Crippen LogP contribution in [-0.2, 0) is 0 Å². The van der Waals surface area contributed by atoms with Gasteiger partial charge in [0, 0.05) is 16.1 Å². The van der Waals surface area contributed by atoms with Crippen LogP contribution in [0.4, 0.5) is 5.69 Å². The van der Waals surface area contributed by atoms with E-state index in [0.717, 1.165) is 16.1 Å². The predicted molar refractivity (Wildman–Crippen MR) is 86.9 cm³/mol. The number of rotatable bonds is 3. The summed E-state index contributed by atoms with van der Waals surface area (Å²) in [7, 11) is 0. The lowest BCUT2D eigenvalue weighted by Gasteiger charge is -2.11. The van der Waals surface area contributed by atoms with E-state index in [1.54, 1.807) is 6.07 Å². The predicted octanol–water partition coefficient (Wildman–Crippen LogP) is 4.66. The zero-order chi connectivity index (χ0) is 14.7. The molecule has 0 saturated heterocycles. The quantitative estimate of drug-likeness (QED) is 0.789. The first-order valence-corrected chi connectivity index (χ1v) is 7.13. The van der Waals surface area contributed by atoms with E-state index >= 15 is 0 Å². The van der Waals surface area contributed by atoms with Gasteiger partial charge >= 0.3 is 0 Å². The second-order valence-corrected chi connectivity index (χ2v) is 5.75. The summed E-state index contributed by atoms with van der Waals surface area (Å²) in [5, 5.41) is 2.95. The second-order valence-electron chi connectivity index (χ2n) is 5.23.